The van der Waals surface area contributed by atoms with Crippen LogP contribution in [-0.4, -0.2) is 44.1 Å². The van der Waals surface area contributed by atoms with Crippen LogP contribution in [-0.2, 0) is 0 Å². The minimum absolute atomic E-state index is 0.144. The smallest absolute Gasteiger partial charge is 0.217 e. The van der Waals surface area contributed by atoms with E-state index in [1.54, 1.807) is 18.3 Å². The zero-order valence-electron chi connectivity index (χ0n) is 20.8. The first-order valence-electron chi connectivity index (χ1n) is 12.8. The molecule has 0 spiro atoms. The number of pyridine rings is 3. The summed E-state index contributed by atoms with van der Waals surface area (Å²) in [6.07, 6.45) is 9.58. The number of rotatable bonds is 6. The Morgan fingerprint density at radius 1 is 1.00 bits per heavy atom. The van der Waals surface area contributed by atoms with Crippen LogP contribution in [0, 0.1) is 23.5 Å². The van der Waals surface area contributed by atoms with Crippen LogP contribution in [0.4, 0.5) is 30.6 Å². The topological polar surface area (TPSA) is 101 Å². The van der Waals surface area contributed by atoms with E-state index in [4.69, 9.17) is 9.97 Å². The molecule has 38 heavy (non-hydrogen) atoms. The Balaban J connectivity index is 1.41. The second kappa shape index (κ2) is 10.1. The standard InChI is InChI=1S/C27H27F3N8/c1-14-11-31-7-6-19(14)34-26-23-17(15-3-2-4-15)12-32-13-20(23)35-25(38-26)16-5-8-33-22(9-16)37-27-24(30)18(28)10-21(29)36-27/h5,8-10,12-15,19,31H,2-4,6-7,11H2,1H3,(H,33,36,37)(H,34,35,38)/t14-,19-/m1/s1. The van der Waals surface area contributed by atoms with E-state index in [0.29, 0.717) is 29.3 Å². The number of fused-ring (bicyclic) bond motifs is 1. The van der Waals surface area contributed by atoms with E-state index in [1.165, 1.54) is 12.6 Å². The first kappa shape index (κ1) is 24.5. The molecule has 5 heterocycles. The first-order valence-corrected chi connectivity index (χ1v) is 12.8. The third-order valence-corrected chi connectivity index (χ3v) is 7.44. The molecule has 0 amide bonds. The predicted octanol–water partition coefficient (Wildman–Crippen LogP) is 5.32. The highest BCUT2D eigenvalue weighted by Gasteiger charge is 2.27. The second-order valence-corrected chi connectivity index (χ2v) is 10.0. The minimum atomic E-state index is -1.34. The normalized spacial score (nSPS) is 19.8. The van der Waals surface area contributed by atoms with Gasteiger partial charge in [-0.2, -0.15) is 13.8 Å². The van der Waals surface area contributed by atoms with E-state index >= 15 is 0 Å². The molecule has 8 nitrogen and oxygen atoms in total. The number of aromatic nitrogens is 5. The molecule has 0 bridgehead atoms. The highest BCUT2D eigenvalue weighted by Crippen LogP contribution is 2.41. The fourth-order valence-electron chi connectivity index (χ4n) is 5.09. The maximum Gasteiger partial charge on any atom is 0.217 e. The molecular weight excluding hydrogens is 493 g/mol. The van der Waals surface area contributed by atoms with Gasteiger partial charge in [0, 0.05) is 35.5 Å². The summed E-state index contributed by atoms with van der Waals surface area (Å²) in [4.78, 5) is 21.8. The summed E-state index contributed by atoms with van der Waals surface area (Å²) in [6, 6.07) is 3.95. The van der Waals surface area contributed by atoms with Crippen molar-refractivity contribution in [1.29, 1.82) is 0 Å². The maximum atomic E-state index is 14.2. The summed E-state index contributed by atoms with van der Waals surface area (Å²) in [5, 5.41) is 10.7. The lowest BCUT2D eigenvalue weighted by molar-refractivity contribution is 0.368. The molecular formula is C27H27F3N8. The lowest BCUT2D eigenvalue weighted by atomic mass is 9.79. The number of nitrogens with one attached hydrogen (secondary N) is 3. The van der Waals surface area contributed by atoms with E-state index in [9.17, 15) is 13.2 Å². The first-order chi connectivity index (χ1) is 18.5. The zero-order valence-corrected chi connectivity index (χ0v) is 20.8. The van der Waals surface area contributed by atoms with Crippen molar-refractivity contribution >= 4 is 28.4 Å². The highest BCUT2D eigenvalue weighted by atomic mass is 19.2. The van der Waals surface area contributed by atoms with Gasteiger partial charge in [0.25, 0.3) is 0 Å². The summed E-state index contributed by atoms with van der Waals surface area (Å²) in [5.41, 5.74) is 2.49. The summed E-state index contributed by atoms with van der Waals surface area (Å²) in [6.45, 7) is 4.07. The van der Waals surface area contributed by atoms with E-state index in [0.717, 1.165) is 54.6 Å². The maximum absolute atomic E-state index is 14.2. The summed E-state index contributed by atoms with van der Waals surface area (Å²) in [7, 11) is 0. The highest BCUT2D eigenvalue weighted by molar-refractivity contribution is 5.93. The van der Waals surface area contributed by atoms with Crippen LogP contribution in [0.2, 0.25) is 0 Å². The number of nitrogens with zero attached hydrogens (tertiary/aromatic N) is 5. The molecule has 2 atom stereocenters. The predicted molar refractivity (Wildman–Crippen MR) is 139 cm³/mol. The van der Waals surface area contributed by atoms with Crippen LogP contribution in [0.15, 0.2) is 36.8 Å². The Kier molecular flexibility index (Phi) is 6.52. The Labute approximate surface area is 217 Å². The number of piperidine rings is 1. The molecule has 0 radical (unpaired) electrons. The number of anilines is 3. The van der Waals surface area contributed by atoms with E-state index < -0.39 is 23.4 Å². The fourth-order valence-corrected chi connectivity index (χ4v) is 5.09. The van der Waals surface area contributed by atoms with E-state index in [1.807, 2.05) is 6.20 Å². The van der Waals surface area contributed by atoms with Crippen molar-refractivity contribution in [2.45, 2.75) is 44.6 Å². The third-order valence-electron chi connectivity index (χ3n) is 7.44. The monoisotopic (exact) mass is 520 g/mol. The number of hydrogen-bond donors (Lipinski definition) is 3. The zero-order chi connectivity index (χ0) is 26.2. The van der Waals surface area contributed by atoms with Crippen LogP contribution in [0.1, 0.15) is 44.1 Å². The van der Waals surface area contributed by atoms with Gasteiger partial charge in [0.1, 0.15) is 11.6 Å². The molecule has 2 fully saturated rings. The van der Waals surface area contributed by atoms with Crippen molar-refractivity contribution in [3.8, 4) is 11.4 Å². The number of hydrogen-bond acceptors (Lipinski definition) is 8. The Bertz CT molecular complexity index is 1490. The molecule has 196 valence electrons. The van der Waals surface area contributed by atoms with Gasteiger partial charge in [0.05, 0.1) is 11.7 Å². The van der Waals surface area contributed by atoms with Crippen LogP contribution < -0.4 is 16.0 Å². The second-order valence-electron chi connectivity index (χ2n) is 10.0. The average molecular weight is 521 g/mol. The Morgan fingerprint density at radius 2 is 1.87 bits per heavy atom. The molecule has 1 saturated heterocycles. The van der Waals surface area contributed by atoms with Gasteiger partial charge in [-0.1, -0.05) is 13.3 Å². The van der Waals surface area contributed by atoms with Crippen LogP contribution in [0.5, 0.6) is 0 Å². The summed E-state index contributed by atoms with van der Waals surface area (Å²) in [5.74, 6) is -2.18. The summed E-state index contributed by atoms with van der Waals surface area (Å²) < 4.78 is 41.4. The van der Waals surface area contributed by atoms with Gasteiger partial charge in [-0.05, 0) is 61.9 Å². The SMILES string of the molecule is C[C@@H]1CNCC[C@H]1Nc1nc(-c2ccnc(Nc3nc(F)cc(F)c3F)c2)nc2cncc(C3CCC3)c12. The van der Waals surface area contributed by atoms with Crippen molar-refractivity contribution in [2.24, 2.45) is 5.92 Å². The van der Waals surface area contributed by atoms with Crippen LogP contribution >= 0.6 is 0 Å². The van der Waals surface area contributed by atoms with E-state index in [2.05, 4.69) is 37.8 Å². The van der Waals surface area contributed by atoms with Gasteiger partial charge >= 0.3 is 0 Å². The van der Waals surface area contributed by atoms with Crippen molar-refractivity contribution in [2.75, 3.05) is 23.7 Å². The van der Waals surface area contributed by atoms with Crippen molar-refractivity contribution < 1.29 is 13.2 Å². The number of halogens is 3. The quantitative estimate of drug-likeness (QED) is 0.294. The minimum Gasteiger partial charge on any atom is -0.366 e. The fraction of sp³-hybridized carbons (Fsp3) is 0.370. The van der Waals surface area contributed by atoms with Gasteiger partial charge in [-0.3, -0.25) is 4.98 Å². The third kappa shape index (κ3) is 4.73. The summed E-state index contributed by atoms with van der Waals surface area (Å²) >= 11 is 0. The molecule has 1 aliphatic heterocycles. The molecule has 11 heteroatoms. The van der Waals surface area contributed by atoms with Gasteiger partial charge in [0.15, 0.2) is 17.5 Å². The van der Waals surface area contributed by atoms with Crippen LogP contribution in [0.25, 0.3) is 22.3 Å². The van der Waals surface area contributed by atoms with E-state index in [-0.39, 0.29) is 11.9 Å². The molecule has 0 unspecified atom stereocenters. The lowest BCUT2D eigenvalue weighted by Gasteiger charge is -2.32. The molecule has 1 saturated carbocycles. The molecule has 4 aromatic rings. The van der Waals surface area contributed by atoms with Gasteiger partial charge < -0.3 is 16.0 Å². The Hall–Kier alpha value is -3.86. The molecule has 1 aliphatic carbocycles. The van der Waals surface area contributed by atoms with Crippen molar-refractivity contribution in [3.05, 3.63) is 59.9 Å². The van der Waals surface area contributed by atoms with Gasteiger partial charge in [0.2, 0.25) is 11.8 Å². The van der Waals surface area contributed by atoms with Crippen LogP contribution in [0.3, 0.4) is 0 Å². The van der Waals surface area contributed by atoms with Gasteiger partial charge in [-0.15, -0.1) is 0 Å². The largest absolute Gasteiger partial charge is 0.366 e. The van der Waals surface area contributed by atoms with Crippen molar-refractivity contribution in [1.82, 2.24) is 30.2 Å². The van der Waals surface area contributed by atoms with Gasteiger partial charge in [-0.25, -0.2) is 19.3 Å². The van der Waals surface area contributed by atoms with Crippen molar-refractivity contribution in [3.63, 3.8) is 0 Å². The Morgan fingerprint density at radius 3 is 2.66 bits per heavy atom. The molecule has 2 aliphatic rings. The molecule has 0 aromatic carbocycles. The molecule has 4 aromatic heterocycles. The average Bonchev–Trinajstić information content (AvgIpc) is 2.87. The molecule has 3 N–H and O–H groups in total. The molecule has 6 rings (SSSR count). The lowest BCUT2D eigenvalue weighted by Crippen LogP contribution is -2.42.